The molecule has 1 amide bonds. The third kappa shape index (κ3) is 6.39. The predicted octanol–water partition coefficient (Wildman–Crippen LogP) is 4.65. The van der Waals surface area contributed by atoms with Gasteiger partial charge in [0.15, 0.2) is 6.61 Å². The summed E-state index contributed by atoms with van der Waals surface area (Å²) in [6.07, 6.45) is 0.201. The SMILES string of the molecule is Cc1cc(SCC(=O)OCC(=O)N(CCC#N)c2ccccc2)c(C)cc1Br. The lowest BCUT2D eigenvalue weighted by molar-refractivity contribution is -0.145. The minimum absolute atomic E-state index is 0.124. The number of nitriles is 1. The van der Waals surface area contributed by atoms with Gasteiger partial charge in [0.1, 0.15) is 0 Å². The van der Waals surface area contributed by atoms with Crippen LogP contribution in [0.3, 0.4) is 0 Å². The van der Waals surface area contributed by atoms with E-state index in [9.17, 15) is 9.59 Å². The second kappa shape index (κ2) is 10.9. The van der Waals surface area contributed by atoms with E-state index in [0.29, 0.717) is 5.69 Å². The van der Waals surface area contributed by atoms with E-state index in [2.05, 4.69) is 15.9 Å². The quantitative estimate of drug-likeness (QED) is 0.423. The number of anilines is 1. The monoisotopic (exact) mass is 460 g/mol. The molecular weight excluding hydrogens is 440 g/mol. The molecule has 0 aliphatic heterocycles. The highest BCUT2D eigenvalue weighted by molar-refractivity contribution is 9.10. The number of aryl methyl sites for hydroxylation is 2. The number of esters is 1. The number of hydrogen-bond donors (Lipinski definition) is 0. The first-order chi connectivity index (χ1) is 13.4. The molecule has 0 fully saturated rings. The Balaban J connectivity index is 1.91. The Bertz CT molecular complexity index is 881. The van der Waals surface area contributed by atoms with E-state index in [0.717, 1.165) is 20.5 Å². The summed E-state index contributed by atoms with van der Waals surface area (Å²) in [5.41, 5.74) is 2.83. The van der Waals surface area contributed by atoms with Crippen LogP contribution in [0.15, 0.2) is 51.8 Å². The van der Waals surface area contributed by atoms with Gasteiger partial charge in [0.2, 0.25) is 0 Å². The predicted molar refractivity (Wildman–Crippen MR) is 114 cm³/mol. The van der Waals surface area contributed by atoms with Crippen molar-refractivity contribution in [3.63, 3.8) is 0 Å². The van der Waals surface area contributed by atoms with Gasteiger partial charge in [0.05, 0.1) is 18.2 Å². The fraction of sp³-hybridized carbons (Fsp3) is 0.286. The first kappa shape index (κ1) is 22.0. The normalized spacial score (nSPS) is 10.2. The first-order valence-electron chi connectivity index (χ1n) is 8.70. The first-order valence-corrected chi connectivity index (χ1v) is 10.5. The molecule has 0 aliphatic rings. The van der Waals surface area contributed by atoms with Gasteiger partial charge in [-0.05, 0) is 49.2 Å². The molecule has 28 heavy (non-hydrogen) atoms. The number of nitrogens with zero attached hydrogens (tertiary/aromatic N) is 2. The largest absolute Gasteiger partial charge is 0.455 e. The van der Waals surface area contributed by atoms with E-state index in [1.165, 1.54) is 16.7 Å². The molecule has 5 nitrogen and oxygen atoms in total. The van der Waals surface area contributed by atoms with Crippen molar-refractivity contribution in [1.29, 1.82) is 5.26 Å². The van der Waals surface area contributed by atoms with Crippen molar-refractivity contribution < 1.29 is 14.3 Å². The molecule has 2 aromatic carbocycles. The molecule has 146 valence electrons. The maximum atomic E-state index is 12.5. The Morgan fingerprint density at radius 1 is 1.18 bits per heavy atom. The molecule has 2 rings (SSSR count). The second-order valence-corrected chi connectivity index (χ2v) is 7.98. The smallest absolute Gasteiger partial charge is 0.316 e. The average Bonchev–Trinajstić information content (AvgIpc) is 2.69. The van der Waals surface area contributed by atoms with Crippen molar-refractivity contribution in [2.45, 2.75) is 25.2 Å². The molecule has 7 heteroatoms. The highest BCUT2D eigenvalue weighted by atomic mass is 79.9. The number of hydrogen-bond acceptors (Lipinski definition) is 5. The minimum Gasteiger partial charge on any atom is -0.455 e. The minimum atomic E-state index is -0.452. The van der Waals surface area contributed by atoms with Crippen LogP contribution in [0.25, 0.3) is 0 Å². The number of para-hydroxylation sites is 1. The van der Waals surface area contributed by atoms with Crippen LogP contribution in [0.4, 0.5) is 5.69 Å². The molecule has 0 saturated carbocycles. The fourth-order valence-corrected chi connectivity index (χ4v) is 3.84. The van der Waals surface area contributed by atoms with Gasteiger partial charge in [-0.1, -0.05) is 34.1 Å². The number of carbonyl (C=O) groups is 2. The molecule has 0 aromatic heterocycles. The van der Waals surface area contributed by atoms with E-state index >= 15 is 0 Å². The van der Waals surface area contributed by atoms with Crippen molar-refractivity contribution in [2.24, 2.45) is 0 Å². The second-order valence-electron chi connectivity index (χ2n) is 6.11. The van der Waals surface area contributed by atoms with Gasteiger partial charge < -0.3 is 9.64 Å². The molecular formula is C21H21BrN2O3S. The zero-order valence-electron chi connectivity index (χ0n) is 15.8. The molecule has 0 unspecified atom stereocenters. The number of ether oxygens (including phenoxy) is 1. The number of rotatable bonds is 8. The molecule has 0 heterocycles. The van der Waals surface area contributed by atoms with E-state index in [1.807, 2.05) is 50.2 Å². The van der Waals surface area contributed by atoms with Crippen LogP contribution in [0.5, 0.6) is 0 Å². The number of amides is 1. The molecule has 0 spiro atoms. The maximum Gasteiger partial charge on any atom is 0.316 e. The molecule has 0 aliphatic carbocycles. The van der Waals surface area contributed by atoms with Crippen molar-refractivity contribution in [1.82, 2.24) is 0 Å². The summed E-state index contributed by atoms with van der Waals surface area (Å²) in [5, 5.41) is 8.82. The van der Waals surface area contributed by atoms with Crippen molar-refractivity contribution in [2.75, 3.05) is 23.8 Å². The van der Waals surface area contributed by atoms with Crippen LogP contribution in [-0.4, -0.2) is 30.8 Å². The van der Waals surface area contributed by atoms with Gasteiger partial charge >= 0.3 is 5.97 Å². The van der Waals surface area contributed by atoms with Gasteiger partial charge in [-0.25, -0.2) is 0 Å². The molecule has 0 saturated heterocycles. The summed E-state index contributed by atoms with van der Waals surface area (Å²) >= 11 is 4.87. The van der Waals surface area contributed by atoms with Crippen molar-refractivity contribution in [3.05, 3.63) is 58.1 Å². The molecule has 0 N–H and O–H groups in total. The Labute approximate surface area is 177 Å². The number of benzene rings is 2. The van der Waals surface area contributed by atoms with Crippen LogP contribution in [0.1, 0.15) is 17.5 Å². The summed E-state index contributed by atoms with van der Waals surface area (Å²) in [6, 6.07) is 15.1. The number of thioether (sulfide) groups is 1. The standard InChI is InChI=1S/C21H21BrN2O3S/c1-15-12-19(16(2)11-18(15)22)28-14-21(26)27-13-20(25)24(10-6-9-23)17-7-4-3-5-8-17/h3-5,7-8,11-12H,6,10,13-14H2,1-2H3. The van der Waals surface area contributed by atoms with Crippen LogP contribution >= 0.6 is 27.7 Å². The fourth-order valence-electron chi connectivity index (χ4n) is 2.48. The van der Waals surface area contributed by atoms with Gasteiger partial charge in [-0.2, -0.15) is 5.26 Å². The summed E-state index contributed by atoms with van der Waals surface area (Å²) in [5.74, 6) is -0.680. The maximum absolute atomic E-state index is 12.5. The highest BCUT2D eigenvalue weighted by Crippen LogP contribution is 2.28. The lowest BCUT2D eigenvalue weighted by atomic mass is 10.2. The van der Waals surface area contributed by atoms with E-state index < -0.39 is 5.97 Å². The third-order valence-corrected chi connectivity index (χ3v) is 5.96. The van der Waals surface area contributed by atoms with Crippen LogP contribution in [-0.2, 0) is 14.3 Å². The zero-order valence-corrected chi connectivity index (χ0v) is 18.2. The number of carbonyl (C=O) groups excluding carboxylic acids is 2. The molecule has 0 bridgehead atoms. The van der Waals surface area contributed by atoms with Gasteiger partial charge in [-0.15, -0.1) is 11.8 Å². The topological polar surface area (TPSA) is 70.4 Å². The molecule has 2 aromatic rings. The van der Waals surface area contributed by atoms with Gasteiger partial charge in [0, 0.05) is 21.6 Å². The summed E-state index contributed by atoms with van der Waals surface area (Å²) < 4.78 is 6.19. The Hall–Kier alpha value is -2.30. The Kier molecular flexibility index (Phi) is 8.55. The van der Waals surface area contributed by atoms with Crippen LogP contribution in [0.2, 0.25) is 0 Å². The van der Waals surface area contributed by atoms with E-state index in [4.69, 9.17) is 10.00 Å². The Morgan fingerprint density at radius 3 is 2.57 bits per heavy atom. The summed E-state index contributed by atoms with van der Waals surface area (Å²) in [6.45, 7) is 3.87. The zero-order chi connectivity index (χ0) is 20.5. The van der Waals surface area contributed by atoms with Crippen LogP contribution in [0, 0.1) is 25.2 Å². The van der Waals surface area contributed by atoms with Crippen molar-refractivity contribution in [3.8, 4) is 6.07 Å². The van der Waals surface area contributed by atoms with Crippen molar-refractivity contribution >= 4 is 45.3 Å². The lowest BCUT2D eigenvalue weighted by Gasteiger charge is -2.21. The summed E-state index contributed by atoms with van der Waals surface area (Å²) in [4.78, 5) is 27.0. The highest BCUT2D eigenvalue weighted by Gasteiger charge is 2.17. The Morgan fingerprint density at radius 2 is 1.89 bits per heavy atom. The van der Waals surface area contributed by atoms with Crippen LogP contribution < -0.4 is 4.90 Å². The third-order valence-electron chi connectivity index (χ3n) is 3.97. The lowest BCUT2D eigenvalue weighted by Crippen LogP contribution is -2.35. The average molecular weight is 461 g/mol. The van der Waals surface area contributed by atoms with Gasteiger partial charge in [-0.3, -0.25) is 9.59 Å². The summed E-state index contributed by atoms with van der Waals surface area (Å²) in [7, 11) is 0. The van der Waals surface area contributed by atoms with E-state index in [-0.39, 0.29) is 31.2 Å². The van der Waals surface area contributed by atoms with Gasteiger partial charge in [0.25, 0.3) is 5.91 Å². The van der Waals surface area contributed by atoms with E-state index in [1.54, 1.807) is 12.1 Å². The molecule has 0 atom stereocenters. The molecule has 0 radical (unpaired) electrons. The number of halogens is 1.